The Labute approximate surface area is 149 Å². The van der Waals surface area contributed by atoms with E-state index in [4.69, 9.17) is 4.74 Å². The van der Waals surface area contributed by atoms with Gasteiger partial charge in [0.05, 0.1) is 12.7 Å². The van der Waals surface area contributed by atoms with E-state index in [1.165, 1.54) is 12.4 Å². The van der Waals surface area contributed by atoms with Gasteiger partial charge in [0, 0.05) is 32.0 Å². The summed E-state index contributed by atoms with van der Waals surface area (Å²) in [4.78, 5) is 36.2. The van der Waals surface area contributed by atoms with Crippen molar-refractivity contribution in [3.8, 4) is 0 Å². The Bertz CT molecular complexity index is 586. The first-order valence-electron chi connectivity index (χ1n) is 8.70. The molecule has 0 radical (unpaired) electrons. The molecule has 1 amide bonds. The van der Waals surface area contributed by atoms with Gasteiger partial charge in [-0.1, -0.05) is 0 Å². The van der Waals surface area contributed by atoms with E-state index in [9.17, 15) is 9.59 Å². The molecule has 1 aliphatic heterocycles. The molecule has 1 saturated heterocycles. The fourth-order valence-corrected chi connectivity index (χ4v) is 2.98. The molecular formula is C18H28N4O3. The van der Waals surface area contributed by atoms with E-state index in [0.717, 1.165) is 25.9 Å². The number of piperidine rings is 1. The Hall–Kier alpha value is -2.02. The van der Waals surface area contributed by atoms with E-state index in [2.05, 4.69) is 9.97 Å². The molecule has 25 heavy (non-hydrogen) atoms. The average Bonchev–Trinajstić information content (AvgIpc) is 2.54. The van der Waals surface area contributed by atoms with Gasteiger partial charge in [-0.2, -0.15) is 0 Å². The summed E-state index contributed by atoms with van der Waals surface area (Å²) in [6, 6.07) is 0. The van der Waals surface area contributed by atoms with Crippen molar-refractivity contribution in [2.75, 3.05) is 33.2 Å². The van der Waals surface area contributed by atoms with Crippen molar-refractivity contribution in [2.45, 2.75) is 39.2 Å². The number of carbonyl (C=O) groups excluding carboxylic acids is 2. The third kappa shape index (κ3) is 6.42. The number of Topliss-reactive ketones (excluding diaryl/α,β-unsaturated/α-hetero) is 1. The molecule has 2 rings (SSSR count). The van der Waals surface area contributed by atoms with Gasteiger partial charge < -0.3 is 9.64 Å². The van der Waals surface area contributed by atoms with Crippen LogP contribution < -0.4 is 0 Å². The number of ketones is 1. The number of likely N-dealkylation sites (tertiary alicyclic amines) is 1. The maximum absolute atomic E-state index is 12.2. The highest BCUT2D eigenvalue weighted by Gasteiger charge is 2.28. The molecule has 0 aliphatic carbocycles. The molecule has 1 fully saturated rings. The van der Waals surface area contributed by atoms with Crippen LogP contribution in [-0.2, 0) is 4.74 Å². The van der Waals surface area contributed by atoms with Crippen molar-refractivity contribution in [1.29, 1.82) is 0 Å². The van der Waals surface area contributed by atoms with Crippen LogP contribution in [0.1, 0.15) is 44.1 Å². The molecular weight excluding hydrogens is 320 g/mol. The zero-order chi connectivity index (χ0) is 18.4. The third-order valence-electron chi connectivity index (χ3n) is 4.00. The number of nitrogens with zero attached hydrogens (tertiary/aromatic N) is 4. The van der Waals surface area contributed by atoms with Crippen LogP contribution >= 0.6 is 0 Å². The molecule has 0 N–H and O–H groups in total. The van der Waals surface area contributed by atoms with Crippen LogP contribution in [0.2, 0.25) is 0 Å². The third-order valence-corrected chi connectivity index (χ3v) is 4.00. The van der Waals surface area contributed by atoms with Gasteiger partial charge in [0.25, 0.3) is 0 Å². The highest BCUT2D eigenvalue weighted by Crippen LogP contribution is 2.20. The van der Waals surface area contributed by atoms with E-state index < -0.39 is 5.60 Å². The molecule has 1 aromatic heterocycles. The molecule has 1 aromatic rings. The number of ether oxygens (including phenoxy) is 1. The van der Waals surface area contributed by atoms with E-state index in [1.54, 1.807) is 11.1 Å². The van der Waals surface area contributed by atoms with Crippen molar-refractivity contribution in [3.05, 3.63) is 24.3 Å². The van der Waals surface area contributed by atoms with E-state index >= 15 is 0 Å². The topological polar surface area (TPSA) is 75.6 Å². The Morgan fingerprint density at radius 2 is 2.12 bits per heavy atom. The predicted molar refractivity (Wildman–Crippen MR) is 94.4 cm³/mol. The first-order valence-corrected chi connectivity index (χ1v) is 8.70. The van der Waals surface area contributed by atoms with Gasteiger partial charge in [0.2, 0.25) is 0 Å². The van der Waals surface area contributed by atoms with Gasteiger partial charge in [-0.25, -0.2) is 9.78 Å². The summed E-state index contributed by atoms with van der Waals surface area (Å²) in [5.74, 6) is 0.288. The molecule has 7 nitrogen and oxygen atoms in total. The molecule has 2 heterocycles. The lowest BCUT2D eigenvalue weighted by Gasteiger charge is -2.35. The van der Waals surface area contributed by atoms with Crippen LogP contribution in [0.4, 0.5) is 4.79 Å². The minimum atomic E-state index is -0.482. The van der Waals surface area contributed by atoms with E-state index in [-0.39, 0.29) is 11.9 Å². The number of hydrogen-bond donors (Lipinski definition) is 0. The minimum Gasteiger partial charge on any atom is -0.444 e. The Balaban J connectivity index is 1.83. The number of amides is 1. The lowest BCUT2D eigenvalue weighted by Crippen LogP contribution is -2.45. The summed E-state index contributed by atoms with van der Waals surface area (Å²) in [7, 11) is 1.92. The summed E-state index contributed by atoms with van der Waals surface area (Å²) in [6.45, 7) is 8.06. The zero-order valence-electron chi connectivity index (χ0n) is 15.6. The van der Waals surface area contributed by atoms with Gasteiger partial charge in [0.15, 0.2) is 5.78 Å². The highest BCUT2D eigenvalue weighted by molar-refractivity contribution is 5.95. The number of hydrogen-bond acceptors (Lipinski definition) is 6. The lowest BCUT2D eigenvalue weighted by atomic mass is 9.97. The number of likely N-dealkylation sites (N-methyl/N-ethyl adjacent to an activating group) is 1. The van der Waals surface area contributed by atoms with Gasteiger partial charge in [-0.3, -0.25) is 14.7 Å². The second-order valence-electron chi connectivity index (χ2n) is 7.65. The first kappa shape index (κ1) is 19.3. The standard InChI is InChI=1S/C18H28N4O3/c1-18(2,3)25-17(24)22-9-5-6-14(12-22)11-21(4)13-16(23)15-10-19-7-8-20-15/h7-8,10,14H,5-6,9,11-13H2,1-4H3. The Kier molecular flexibility index (Phi) is 6.47. The predicted octanol–water partition coefficient (Wildman–Crippen LogP) is 2.24. The number of carbonyl (C=O) groups is 2. The summed E-state index contributed by atoms with van der Waals surface area (Å²) in [5.41, 5.74) is -0.0994. The largest absolute Gasteiger partial charge is 0.444 e. The van der Waals surface area contributed by atoms with Crippen LogP contribution in [-0.4, -0.2) is 70.5 Å². The quantitative estimate of drug-likeness (QED) is 0.760. The molecule has 0 bridgehead atoms. The SMILES string of the molecule is CN(CC(=O)c1cnccn1)CC1CCCN(C(=O)OC(C)(C)C)C1. The van der Waals surface area contributed by atoms with E-state index in [0.29, 0.717) is 24.7 Å². The summed E-state index contributed by atoms with van der Waals surface area (Å²) in [6.07, 6.45) is 6.30. The second-order valence-corrected chi connectivity index (χ2v) is 7.65. The Morgan fingerprint density at radius 1 is 1.36 bits per heavy atom. The molecule has 138 valence electrons. The van der Waals surface area contributed by atoms with Crippen LogP contribution in [0.5, 0.6) is 0 Å². The lowest BCUT2D eigenvalue weighted by molar-refractivity contribution is 0.0149. The molecule has 1 atom stereocenters. The van der Waals surface area contributed by atoms with Gasteiger partial charge in [0.1, 0.15) is 11.3 Å². The van der Waals surface area contributed by atoms with Crippen molar-refractivity contribution in [2.24, 2.45) is 5.92 Å². The molecule has 0 spiro atoms. The van der Waals surface area contributed by atoms with Crippen molar-refractivity contribution < 1.29 is 14.3 Å². The monoisotopic (exact) mass is 348 g/mol. The second kappa shape index (κ2) is 8.38. The van der Waals surface area contributed by atoms with Crippen molar-refractivity contribution in [1.82, 2.24) is 19.8 Å². The molecule has 7 heteroatoms. The zero-order valence-corrected chi connectivity index (χ0v) is 15.6. The maximum atomic E-state index is 12.2. The fraction of sp³-hybridized carbons (Fsp3) is 0.667. The molecule has 1 unspecified atom stereocenters. The number of rotatable bonds is 5. The summed E-state index contributed by atoms with van der Waals surface area (Å²) >= 11 is 0. The maximum Gasteiger partial charge on any atom is 0.410 e. The van der Waals surface area contributed by atoms with Crippen LogP contribution in [0, 0.1) is 5.92 Å². The van der Waals surface area contributed by atoms with Crippen LogP contribution in [0.25, 0.3) is 0 Å². The highest BCUT2D eigenvalue weighted by atomic mass is 16.6. The molecule has 0 aromatic carbocycles. The first-order chi connectivity index (χ1) is 11.7. The van der Waals surface area contributed by atoms with Gasteiger partial charge in [-0.15, -0.1) is 0 Å². The summed E-state index contributed by atoms with van der Waals surface area (Å²) < 4.78 is 5.46. The van der Waals surface area contributed by atoms with Gasteiger partial charge >= 0.3 is 6.09 Å². The van der Waals surface area contributed by atoms with E-state index in [1.807, 2.05) is 32.7 Å². The van der Waals surface area contributed by atoms with Crippen LogP contribution in [0.3, 0.4) is 0 Å². The van der Waals surface area contributed by atoms with Crippen molar-refractivity contribution in [3.63, 3.8) is 0 Å². The van der Waals surface area contributed by atoms with Gasteiger partial charge in [-0.05, 0) is 46.6 Å². The normalized spacial score (nSPS) is 18.3. The average molecular weight is 348 g/mol. The fourth-order valence-electron chi connectivity index (χ4n) is 2.98. The molecule has 0 saturated carbocycles. The Morgan fingerprint density at radius 3 is 2.76 bits per heavy atom. The summed E-state index contributed by atoms with van der Waals surface area (Å²) in [5, 5.41) is 0. The molecule has 1 aliphatic rings. The minimum absolute atomic E-state index is 0.0459. The smallest absolute Gasteiger partial charge is 0.410 e. The van der Waals surface area contributed by atoms with Crippen molar-refractivity contribution >= 4 is 11.9 Å². The number of aromatic nitrogens is 2. The van der Waals surface area contributed by atoms with Crippen LogP contribution in [0.15, 0.2) is 18.6 Å².